The summed E-state index contributed by atoms with van der Waals surface area (Å²) in [6.07, 6.45) is 2.26. The first-order valence-corrected chi connectivity index (χ1v) is 6.75. The number of hydrogen-bond donors (Lipinski definition) is 2. The normalized spacial score (nSPS) is 16.4. The topological polar surface area (TPSA) is 98.4 Å². The molecular formula is C12H22N6O2. The van der Waals surface area contributed by atoms with Crippen LogP contribution in [-0.2, 0) is 9.47 Å². The van der Waals surface area contributed by atoms with Gasteiger partial charge in [-0.3, -0.25) is 0 Å². The molecule has 1 saturated heterocycles. The number of rotatable bonds is 7. The minimum absolute atomic E-state index is 0.0618. The number of nitrogens with two attached hydrogens (primary N) is 1. The van der Waals surface area contributed by atoms with Gasteiger partial charge in [0.15, 0.2) is 0 Å². The molecule has 0 bridgehead atoms. The van der Waals surface area contributed by atoms with Crippen LogP contribution in [0.2, 0.25) is 0 Å². The molecule has 0 aromatic carbocycles. The Bertz CT molecular complexity index is 424. The van der Waals surface area contributed by atoms with Crippen LogP contribution in [0, 0.1) is 0 Å². The van der Waals surface area contributed by atoms with Crippen LogP contribution >= 0.6 is 0 Å². The molecule has 0 radical (unpaired) electrons. The van der Waals surface area contributed by atoms with E-state index in [-0.39, 0.29) is 12.1 Å². The van der Waals surface area contributed by atoms with Gasteiger partial charge in [0.1, 0.15) is 0 Å². The van der Waals surface area contributed by atoms with Crippen LogP contribution in [0.15, 0.2) is 0 Å². The Kier molecular flexibility index (Phi) is 5.31. The van der Waals surface area contributed by atoms with Gasteiger partial charge in [0, 0.05) is 33.9 Å². The van der Waals surface area contributed by atoms with E-state index < -0.39 is 0 Å². The third-order valence-corrected chi connectivity index (χ3v) is 3.20. The molecule has 112 valence electrons. The minimum Gasteiger partial charge on any atom is -0.382 e. The lowest BCUT2D eigenvalue weighted by atomic mass is 10.4. The SMILES string of the molecule is COCC(CNc1nc(N)nc(N2CCCC2)n1)OC. The van der Waals surface area contributed by atoms with Crippen LogP contribution in [0.5, 0.6) is 0 Å². The first kappa shape index (κ1) is 14.7. The summed E-state index contributed by atoms with van der Waals surface area (Å²) in [4.78, 5) is 14.8. The zero-order valence-corrected chi connectivity index (χ0v) is 12.0. The van der Waals surface area contributed by atoms with E-state index in [2.05, 4.69) is 25.2 Å². The lowest BCUT2D eigenvalue weighted by molar-refractivity contribution is 0.0365. The van der Waals surface area contributed by atoms with E-state index in [0.29, 0.717) is 25.0 Å². The fraction of sp³-hybridized carbons (Fsp3) is 0.750. The summed E-state index contributed by atoms with van der Waals surface area (Å²) in [5.41, 5.74) is 5.74. The predicted molar refractivity (Wildman–Crippen MR) is 76.8 cm³/mol. The maximum absolute atomic E-state index is 5.74. The molecule has 1 aliphatic rings. The van der Waals surface area contributed by atoms with Crippen molar-refractivity contribution in [3.8, 4) is 0 Å². The summed E-state index contributed by atoms with van der Waals surface area (Å²) in [6, 6.07) is 0. The van der Waals surface area contributed by atoms with Gasteiger partial charge in [-0.05, 0) is 12.8 Å². The molecule has 1 atom stereocenters. The molecule has 1 aliphatic heterocycles. The number of ether oxygens (including phenoxy) is 2. The lowest BCUT2D eigenvalue weighted by Gasteiger charge is -2.18. The second-order valence-electron chi connectivity index (χ2n) is 4.71. The van der Waals surface area contributed by atoms with Crippen LogP contribution in [0.3, 0.4) is 0 Å². The van der Waals surface area contributed by atoms with Crippen molar-refractivity contribution in [2.24, 2.45) is 0 Å². The standard InChI is InChI=1S/C12H22N6O2/c1-19-8-9(20-2)7-14-11-15-10(13)16-12(17-11)18-5-3-4-6-18/h9H,3-8H2,1-2H3,(H3,13,14,15,16,17). The van der Waals surface area contributed by atoms with Gasteiger partial charge in [0.2, 0.25) is 17.8 Å². The van der Waals surface area contributed by atoms with Crippen molar-refractivity contribution in [2.45, 2.75) is 18.9 Å². The molecular weight excluding hydrogens is 260 g/mol. The van der Waals surface area contributed by atoms with E-state index in [4.69, 9.17) is 15.2 Å². The number of nitrogens with one attached hydrogen (secondary N) is 1. The van der Waals surface area contributed by atoms with Crippen molar-refractivity contribution in [1.82, 2.24) is 15.0 Å². The van der Waals surface area contributed by atoms with Crippen molar-refractivity contribution >= 4 is 17.8 Å². The highest BCUT2D eigenvalue weighted by molar-refractivity contribution is 5.42. The number of anilines is 3. The molecule has 20 heavy (non-hydrogen) atoms. The summed E-state index contributed by atoms with van der Waals surface area (Å²) >= 11 is 0. The Labute approximate surface area is 118 Å². The third-order valence-electron chi connectivity index (χ3n) is 3.20. The second kappa shape index (κ2) is 7.20. The van der Waals surface area contributed by atoms with Crippen LogP contribution in [0.4, 0.5) is 17.8 Å². The van der Waals surface area contributed by atoms with E-state index in [1.165, 1.54) is 0 Å². The monoisotopic (exact) mass is 282 g/mol. The number of aromatic nitrogens is 3. The summed E-state index contributed by atoms with van der Waals surface area (Å²) in [6.45, 7) is 2.98. The second-order valence-corrected chi connectivity index (χ2v) is 4.71. The van der Waals surface area contributed by atoms with Crippen molar-refractivity contribution in [2.75, 3.05) is 56.4 Å². The Balaban J connectivity index is 2.00. The Morgan fingerprint density at radius 3 is 2.65 bits per heavy atom. The summed E-state index contributed by atoms with van der Waals surface area (Å²) in [7, 11) is 3.28. The first-order valence-electron chi connectivity index (χ1n) is 6.75. The van der Waals surface area contributed by atoms with Crippen molar-refractivity contribution in [3.05, 3.63) is 0 Å². The van der Waals surface area contributed by atoms with Gasteiger partial charge in [0.25, 0.3) is 0 Å². The van der Waals surface area contributed by atoms with Gasteiger partial charge < -0.3 is 25.4 Å². The highest BCUT2D eigenvalue weighted by Gasteiger charge is 2.17. The van der Waals surface area contributed by atoms with Crippen molar-refractivity contribution in [1.29, 1.82) is 0 Å². The van der Waals surface area contributed by atoms with Crippen molar-refractivity contribution in [3.63, 3.8) is 0 Å². The average molecular weight is 282 g/mol. The van der Waals surface area contributed by atoms with Crippen molar-refractivity contribution < 1.29 is 9.47 Å². The van der Waals surface area contributed by atoms with Crippen LogP contribution in [0.1, 0.15) is 12.8 Å². The number of hydrogen-bond acceptors (Lipinski definition) is 8. The zero-order valence-electron chi connectivity index (χ0n) is 12.0. The molecule has 1 aromatic rings. The molecule has 0 amide bonds. The Morgan fingerprint density at radius 1 is 1.25 bits per heavy atom. The van der Waals surface area contributed by atoms with Gasteiger partial charge in [-0.15, -0.1) is 0 Å². The smallest absolute Gasteiger partial charge is 0.231 e. The fourth-order valence-corrected chi connectivity index (χ4v) is 2.12. The summed E-state index contributed by atoms with van der Waals surface area (Å²) in [5.74, 6) is 1.33. The lowest BCUT2D eigenvalue weighted by Crippen LogP contribution is -2.28. The number of nitrogens with zero attached hydrogens (tertiary/aromatic N) is 4. The third kappa shape index (κ3) is 3.91. The molecule has 2 heterocycles. The van der Waals surface area contributed by atoms with Crippen LogP contribution in [0.25, 0.3) is 0 Å². The van der Waals surface area contributed by atoms with E-state index in [0.717, 1.165) is 25.9 Å². The molecule has 1 aromatic heterocycles. The summed E-state index contributed by atoms with van der Waals surface area (Å²) in [5, 5.41) is 3.11. The van der Waals surface area contributed by atoms with Crippen LogP contribution in [-0.4, -0.2) is 61.5 Å². The fourth-order valence-electron chi connectivity index (χ4n) is 2.12. The molecule has 3 N–H and O–H groups in total. The Hall–Kier alpha value is -1.67. The highest BCUT2D eigenvalue weighted by Crippen LogP contribution is 2.17. The molecule has 8 heteroatoms. The van der Waals surface area contributed by atoms with Gasteiger partial charge in [-0.25, -0.2) is 0 Å². The van der Waals surface area contributed by atoms with Crippen LogP contribution < -0.4 is 16.0 Å². The average Bonchev–Trinajstić information content (AvgIpc) is 2.97. The minimum atomic E-state index is -0.0618. The molecule has 0 saturated carbocycles. The maximum Gasteiger partial charge on any atom is 0.231 e. The number of nitrogen functional groups attached to an aromatic ring is 1. The van der Waals surface area contributed by atoms with E-state index in [1.807, 2.05) is 0 Å². The first-order chi connectivity index (χ1) is 9.72. The zero-order chi connectivity index (χ0) is 14.4. The van der Waals surface area contributed by atoms with Gasteiger partial charge >= 0.3 is 0 Å². The Morgan fingerprint density at radius 2 is 2.00 bits per heavy atom. The quantitative estimate of drug-likeness (QED) is 0.728. The molecule has 0 aliphatic carbocycles. The van der Waals surface area contributed by atoms with E-state index in [9.17, 15) is 0 Å². The largest absolute Gasteiger partial charge is 0.382 e. The molecule has 8 nitrogen and oxygen atoms in total. The summed E-state index contributed by atoms with van der Waals surface area (Å²) < 4.78 is 10.3. The number of methoxy groups -OCH3 is 2. The predicted octanol–water partition coefficient (Wildman–Crippen LogP) is 0.127. The van der Waals surface area contributed by atoms with E-state index in [1.54, 1.807) is 14.2 Å². The van der Waals surface area contributed by atoms with Gasteiger partial charge in [-0.1, -0.05) is 0 Å². The van der Waals surface area contributed by atoms with Gasteiger partial charge in [0.05, 0.1) is 12.7 Å². The molecule has 1 unspecified atom stereocenters. The van der Waals surface area contributed by atoms with Gasteiger partial charge in [-0.2, -0.15) is 15.0 Å². The molecule has 2 rings (SSSR count). The highest BCUT2D eigenvalue weighted by atomic mass is 16.5. The molecule has 0 spiro atoms. The van der Waals surface area contributed by atoms with E-state index >= 15 is 0 Å². The molecule has 1 fully saturated rings. The maximum atomic E-state index is 5.74.